The van der Waals surface area contributed by atoms with Crippen LogP contribution in [0.15, 0.2) is 21.9 Å². The Morgan fingerprint density at radius 2 is 1.80 bits per heavy atom. The fourth-order valence-corrected chi connectivity index (χ4v) is 3.06. The summed E-state index contributed by atoms with van der Waals surface area (Å²) in [4.78, 5) is 60.4. The number of hydrogen-bond acceptors (Lipinski definition) is 10. The van der Waals surface area contributed by atoms with Gasteiger partial charge in [-0.05, 0) is 0 Å². The van der Waals surface area contributed by atoms with Crippen LogP contribution < -0.4 is 11.2 Å². The summed E-state index contributed by atoms with van der Waals surface area (Å²) in [7, 11) is 0. The summed E-state index contributed by atoms with van der Waals surface area (Å²) >= 11 is 0. The molecule has 1 aliphatic rings. The van der Waals surface area contributed by atoms with Gasteiger partial charge in [0.1, 0.15) is 19.4 Å². The van der Waals surface area contributed by atoms with Crippen LogP contribution in [0.25, 0.3) is 0 Å². The molecule has 12 nitrogen and oxygen atoms in total. The molecule has 1 saturated heterocycles. The number of nitrogens with zero attached hydrogens (tertiary/aromatic N) is 2. The third-order valence-corrected chi connectivity index (χ3v) is 4.21. The van der Waals surface area contributed by atoms with Gasteiger partial charge in [0.25, 0.3) is 11.3 Å². The maximum Gasteiger partial charge on any atom is 0.331 e. The highest BCUT2D eigenvalue weighted by Gasteiger charge is 2.69. The van der Waals surface area contributed by atoms with E-state index in [4.69, 9.17) is 18.9 Å². The molecule has 13 heteroatoms. The average Bonchev–Trinajstić information content (AvgIpc) is 2.90. The topological polar surface area (TPSA) is 167 Å². The van der Waals surface area contributed by atoms with Crippen LogP contribution in [0.2, 0.25) is 0 Å². The smallest absolute Gasteiger partial charge is 0.331 e. The van der Waals surface area contributed by atoms with E-state index in [-0.39, 0.29) is 0 Å². The fraction of sp³-hybridized carbons (Fsp3) is 0.529. The van der Waals surface area contributed by atoms with Gasteiger partial charge in [0.05, 0.1) is 0 Å². The van der Waals surface area contributed by atoms with Crippen molar-refractivity contribution in [2.45, 2.75) is 44.3 Å². The lowest BCUT2D eigenvalue weighted by Gasteiger charge is -2.30. The number of hydrogen-bond donors (Lipinski definition) is 1. The monoisotopic (exact) mass is 427 g/mol. The highest BCUT2D eigenvalue weighted by Crippen LogP contribution is 2.45. The zero-order chi connectivity index (χ0) is 22.7. The molecule has 1 N–H and O–H groups in total. The number of aromatic nitrogens is 2. The fourth-order valence-electron chi connectivity index (χ4n) is 3.06. The zero-order valence-electron chi connectivity index (χ0n) is 16.2. The lowest BCUT2D eigenvalue weighted by molar-refractivity contribution is -0.190. The molecule has 0 radical (unpaired) electrons. The quantitative estimate of drug-likeness (QED) is 0.434. The SMILES string of the molecule is CC(=O)OCC1(CF)OC(C#N)(n2ccc(=O)[nH]c2=O)C(OC(C)=O)C1OC(C)=O. The van der Waals surface area contributed by atoms with E-state index in [1.54, 1.807) is 6.07 Å². The Balaban J connectivity index is 2.78. The Labute approximate surface area is 168 Å². The Morgan fingerprint density at radius 1 is 1.20 bits per heavy atom. The van der Waals surface area contributed by atoms with Crippen LogP contribution in [-0.2, 0) is 39.1 Å². The first-order valence-corrected chi connectivity index (χ1v) is 8.49. The second-order valence-electron chi connectivity index (χ2n) is 6.43. The lowest BCUT2D eigenvalue weighted by Crippen LogP contribution is -2.53. The van der Waals surface area contributed by atoms with E-state index < -0.39 is 66.0 Å². The standard InChI is InChI=1S/C17H18FN3O9/c1-9(22)27-8-16(6-18)13(28-10(2)23)14(29-11(3)24)17(7-19,30-16)21-5-4-12(25)20-15(21)26/h4-5,13-14H,6,8H2,1-3H3,(H,20,25,26). The molecule has 162 valence electrons. The minimum atomic E-state index is -2.57. The van der Waals surface area contributed by atoms with Crippen molar-refractivity contribution in [3.8, 4) is 6.07 Å². The van der Waals surface area contributed by atoms with Crippen LogP contribution in [-0.4, -0.2) is 58.5 Å². The maximum atomic E-state index is 14.3. The molecule has 0 bridgehead atoms. The predicted octanol–water partition coefficient (Wildman–Crippen LogP) is -1.12. The van der Waals surface area contributed by atoms with E-state index in [1.165, 1.54) is 0 Å². The summed E-state index contributed by atoms with van der Waals surface area (Å²) < 4.78 is 35.4. The van der Waals surface area contributed by atoms with Crippen LogP contribution >= 0.6 is 0 Å². The first-order valence-electron chi connectivity index (χ1n) is 8.49. The van der Waals surface area contributed by atoms with Gasteiger partial charge in [0.15, 0.2) is 11.7 Å². The lowest BCUT2D eigenvalue weighted by atomic mass is 9.94. The second-order valence-corrected chi connectivity index (χ2v) is 6.43. The molecule has 2 heterocycles. The van der Waals surface area contributed by atoms with Crippen LogP contribution in [0, 0.1) is 11.3 Å². The van der Waals surface area contributed by atoms with Gasteiger partial charge in [-0.1, -0.05) is 0 Å². The van der Waals surface area contributed by atoms with Crippen LogP contribution in [0.4, 0.5) is 4.39 Å². The molecule has 1 aromatic rings. The highest BCUT2D eigenvalue weighted by molar-refractivity contribution is 5.68. The molecule has 0 aliphatic carbocycles. The van der Waals surface area contributed by atoms with E-state index in [1.807, 2.05) is 4.98 Å². The molecular formula is C17H18FN3O9. The summed E-state index contributed by atoms with van der Waals surface area (Å²) in [6, 6.07) is 2.50. The number of nitrogens with one attached hydrogen (secondary N) is 1. The van der Waals surface area contributed by atoms with Crippen LogP contribution in [0.3, 0.4) is 0 Å². The van der Waals surface area contributed by atoms with E-state index in [9.17, 15) is 33.6 Å². The van der Waals surface area contributed by atoms with Gasteiger partial charge in [-0.25, -0.2) is 9.18 Å². The Hall–Kier alpha value is -3.53. The van der Waals surface area contributed by atoms with Gasteiger partial charge in [-0.3, -0.25) is 28.7 Å². The predicted molar refractivity (Wildman–Crippen MR) is 92.4 cm³/mol. The van der Waals surface area contributed by atoms with Crippen molar-refractivity contribution in [2.24, 2.45) is 0 Å². The van der Waals surface area contributed by atoms with Crippen molar-refractivity contribution in [1.82, 2.24) is 9.55 Å². The molecule has 0 amide bonds. The van der Waals surface area contributed by atoms with Crippen molar-refractivity contribution in [3.63, 3.8) is 0 Å². The number of rotatable bonds is 6. The Morgan fingerprint density at radius 3 is 2.27 bits per heavy atom. The number of carbonyl (C=O) groups is 3. The summed E-state index contributed by atoms with van der Waals surface area (Å²) in [6.07, 6.45) is -2.79. The number of H-pyrrole nitrogens is 1. The summed E-state index contributed by atoms with van der Waals surface area (Å²) in [5.74, 6) is -2.77. The van der Waals surface area contributed by atoms with E-state index in [2.05, 4.69) is 0 Å². The van der Waals surface area contributed by atoms with Gasteiger partial charge in [-0.2, -0.15) is 5.26 Å². The van der Waals surface area contributed by atoms with Gasteiger partial charge in [0.2, 0.25) is 6.10 Å². The van der Waals surface area contributed by atoms with Crippen molar-refractivity contribution < 1.29 is 37.7 Å². The molecule has 4 atom stereocenters. The normalized spacial score (nSPS) is 27.7. The van der Waals surface area contributed by atoms with Crippen molar-refractivity contribution in [2.75, 3.05) is 13.3 Å². The van der Waals surface area contributed by atoms with Crippen molar-refractivity contribution >= 4 is 17.9 Å². The number of carbonyl (C=O) groups excluding carboxylic acids is 3. The number of halogens is 1. The van der Waals surface area contributed by atoms with Gasteiger partial charge < -0.3 is 18.9 Å². The largest absolute Gasteiger partial charge is 0.463 e. The highest BCUT2D eigenvalue weighted by atomic mass is 19.1. The second kappa shape index (κ2) is 8.46. The third-order valence-electron chi connectivity index (χ3n) is 4.21. The van der Waals surface area contributed by atoms with E-state index in [0.29, 0.717) is 4.57 Å². The molecule has 2 rings (SSSR count). The first-order chi connectivity index (χ1) is 14.0. The molecule has 0 spiro atoms. The molecular weight excluding hydrogens is 409 g/mol. The van der Waals surface area contributed by atoms with Crippen molar-refractivity contribution in [1.29, 1.82) is 5.26 Å². The molecule has 1 aliphatic heterocycles. The number of aromatic amines is 1. The molecule has 0 aromatic carbocycles. The van der Waals surface area contributed by atoms with Gasteiger partial charge in [-0.15, -0.1) is 0 Å². The minimum Gasteiger partial charge on any atom is -0.463 e. The van der Waals surface area contributed by atoms with E-state index >= 15 is 0 Å². The Bertz CT molecular complexity index is 1010. The molecule has 0 saturated carbocycles. The zero-order valence-corrected chi connectivity index (χ0v) is 16.2. The molecule has 1 aromatic heterocycles. The first kappa shape index (κ1) is 22.8. The Kier molecular flexibility index (Phi) is 6.41. The van der Waals surface area contributed by atoms with Crippen molar-refractivity contribution in [3.05, 3.63) is 33.1 Å². The van der Waals surface area contributed by atoms with E-state index in [0.717, 1.165) is 33.0 Å². The summed E-state index contributed by atoms with van der Waals surface area (Å²) in [6.45, 7) is 0.658. The number of nitriles is 1. The molecule has 4 unspecified atom stereocenters. The number of ether oxygens (including phenoxy) is 4. The van der Waals surface area contributed by atoms with Gasteiger partial charge in [0, 0.05) is 33.0 Å². The maximum absolute atomic E-state index is 14.3. The van der Waals surface area contributed by atoms with Crippen LogP contribution in [0.5, 0.6) is 0 Å². The number of alkyl halides is 1. The van der Waals surface area contributed by atoms with Crippen LogP contribution in [0.1, 0.15) is 20.8 Å². The molecule has 30 heavy (non-hydrogen) atoms. The van der Waals surface area contributed by atoms with Gasteiger partial charge >= 0.3 is 23.6 Å². The molecule has 1 fully saturated rings. The average molecular weight is 427 g/mol. The summed E-state index contributed by atoms with van der Waals surface area (Å²) in [5, 5.41) is 9.92. The number of esters is 3. The summed E-state index contributed by atoms with van der Waals surface area (Å²) in [5.41, 5.74) is -6.83. The minimum absolute atomic E-state index is 0.559. The third kappa shape index (κ3) is 4.08.